The summed E-state index contributed by atoms with van der Waals surface area (Å²) in [6, 6.07) is 21.8. The van der Waals surface area contributed by atoms with Gasteiger partial charge in [-0.25, -0.2) is 9.79 Å². The van der Waals surface area contributed by atoms with E-state index in [0.29, 0.717) is 45.3 Å². The van der Waals surface area contributed by atoms with Crippen LogP contribution in [0.15, 0.2) is 82.7 Å². The minimum Gasteiger partial charge on any atom is -0.488 e. The van der Waals surface area contributed by atoms with Crippen molar-refractivity contribution in [3.8, 4) is 5.75 Å². The van der Waals surface area contributed by atoms with Gasteiger partial charge in [0, 0.05) is 23.2 Å². The Balaban J connectivity index is 1.55. The molecule has 0 aromatic heterocycles. The van der Waals surface area contributed by atoms with Crippen LogP contribution in [-0.4, -0.2) is 35.6 Å². The van der Waals surface area contributed by atoms with Gasteiger partial charge in [0.25, 0.3) is 5.91 Å². The quantitative estimate of drug-likeness (QED) is 0.276. The van der Waals surface area contributed by atoms with E-state index in [2.05, 4.69) is 4.99 Å². The first-order valence-corrected chi connectivity index (χ1v) is 12.1. The van der Waals surface area contributed by atoms with Gasteiger partial charge in [0.1, 0.15) is 12.4 Å². The third-order valence-electron chi connectivity index (χ3n) is 5.13. The molecule has 1 aliphatic rings. The molecule has 0 spiro atoms. The van der Waals surface area contributed by atoms with Gasteiger partial charge in [-0.15, -0.1) is 0 Å². The summed E-state index contributed by atoms with van der Waals surface area (Å²) in [6.45, 7) is 2.36. The number of amides is 1. The molecule has 6 nitrogen and oxygen atoms in total. The highest BCUT2D eigenvalue weighted by atomic mass is 35.5. The molecule has 0 aliphatic carbocycles. The average Bonchev–Trinajstić information content (AvgIpc) is 3.12. The zero-order valence-electron chi connectivity index (χ0n) is 19.2. The van der Waals surface area contributed by atoms with Crippen molar-refractivity contribution in [2.24, 2.45) is 4.99 Å². The summed E-state index contributed by atoms with van der Waals surface area (Å²) in [7, 11) is 1.67. The average molecular weight is 507 g/mol. The summed E-state index contributed by atoms with van der Waals surface area (Å²) >= 11 is 7.51. The Hall–Kier alpha value is -3.55. The van der Waals surface area contributed by atoms with E-state index in [1.807, 2.05) is 48.5 Å². The van der Waals surface area contributed by atoms with E-state index in [1.54, 1.807) is 44.3 Å². The van der Waals surface area contributed by atoms with Gasteiger partial charge < -0.3 is 9.47 Å². The molecular formula is C27H23ClN2O4S. The van der Waals surface area contributed by atoms with E-state index >= 15 is 0 Å². The molecule has 0 unspecified atom stereocenters. The number of likely N-dealkylation sites (N-methyl/N-ethyl adjacent to an activating group) is 1. The van der Waals surface area contributed by atoms with Crippen LogP contribution in [0.2, 0.25) is 5.02 Å². The maximum Gasteiger partial charge on any atom is 0.338 e. The number of halogens is 1. The molecular weight excluding hydrogens is 484 g/mol. The topological polar surface area (TPSA) is 68.2 Å². The van der Waals surface area contributed by atoms with Crippen LogP contribution in [0, 0.1) is 0 Å². The van der Waals surface area contributed by atoms with Crippen LogP contribution in [0.4, 0.5) is 5.69 Å². The summed E-state index contributed by atoms with van der Waals surface area (Å²) in [5, 5.41) is 1.15. The molecule has 1 fully saturated rings. The first-order valence-electron chi connectivity index (χ1n) is 10.9. The van der Waals surface area contributed by atoms with Crippen LogP contribution in [0.25, 0.3) is 6.08 Å². The van der Waals surface area contributed by atoms with Gasteiger partial charge in [0.05, 0.1) is 22.8 Å². The van der Waals surface area contributed by atoms with E-state index < -0.39 is 5.97 Å². The van der Waals surface area contributed by atoms with E-state index in [4.69, 9.17) is 21.1 Å². The van der Waals surface area contributed by atoms with Gasteiger partial charge >= 0.3 is 5.97 Å². The fourth-order valence-corrected chi connectivity index (χ4v) is 4.49. The van der Waals surface area contributed by atoms with E-state index in [-0.39, 0.29) is 5.91 Å². The summed E-state index contributed by atoms with van der Waals surface area (Å²) in [5.41, 5.74) is 2.62. The predicted molar refractivity (Wildman–Crippen MR) is 140 cm³/mol. The predicted octanol–water partition coefficient (Wildman–Crippen LogP) is 6.33. The Morgan fingerprint density at radius 1 is 1.09 bits per heavy atom. The Kier molecular flexibility index (Phi) is 7.90. The molecule has 0 N–H and O–H groups in total. The van der Waals surface area contributed by atoms with Crippen LogP contribution in [0.5, 0.6) is 5.75 Å². The third-order valence-corrected chi connectivity index (χ3v) is 6.56. The van der Waals surface area contributed by atoms with Gasteiger partial charge in [-0.05, 0) is 55.1 Å². The summed E-state index contributed by atoms with van der Waals surface area (Å²) in [6.07, 6.45) is 1.79. The maximum absolute atomic E-state index is 12.9. The molecule has 3 aromatic rings. The molecule has 0 saturated carbocycles. The second kappa shape index (κ2) is 11.3. The van der Waals surface area contributed by atoms with E-state index in [9.17, 15) is 9.59 Å². The Morgan fingerprint density at radius 2 is 1.86 bits per heavy atom. The summed E-state index contributed by atoms with van der Waals surface area (Å²) < 4.78 is 11.1. The molecule has 1 aliphatic heterocycles. The van der Waals surface area contributed by atoms with Crippen molar-refractivity contribution >= 4 is 52.2 Å². The van der Waals surface area contributed by atoms with Crippen molar-refractivity contribution in [2.75, 3.05) is 13.7 Å². The molecule has 1 saturated heterocycles. The number of esters is 1. The van der Waals surface area contributed by atoms with Crippen LogP contribution >= 0.6 is 23.4 Å². The fraction of sp³-hybridized carbons (Fsp3) is 0.148. The van der Waals surface area contributed by atoms with Crippen molar-refractivity contribution in [1.82, 2.24) is 4.90 Å². The number of amidine groups is 1. The van der Waals surface area contributed by atoms with E-state index in [0.717, 1.165) is 11.1 Å². The largest absolute Gasteiger partial charge is 0.488 e. The highest BCUT2D eigenvalue weighted by Gasteiger charge is 2.30. The minimum absolute atomic E-state index is 0.170. The lowest BCUT2D eigenvalue weighted by atomic mass is 10.1. The van der Waals surface area contributed by atoms with Crippen molar-refractivity contribution < 1.29 is 19.1 Å². The van der Waals surface area contributed by atoms with Crippen LogP contribution < -0.4 is 4.74 Å². The van der Waals surface area contributed by atoms with Crippen LogP contribution in [0.1, 0.15) is 28.4 Å². The minimum atomic E-state index is -0.410. The van der Waals surface area contributed by atoms with Crippen LogP contribution in [-0.2, 0) is 16.1 Å². The molecule has 1 amide bonds. The van der Waals surface area contributed by atoms with Gasteiger partial charge in [-0.3, -0.25) is 9.69 Å². The lowest BCUT2D eigenvalue weighted by Gasteiger charge is -2.10. The number of carbonyl (C=O) groups is 2. The zero-order valence-corrected chi connectivity index (χ0v) is 20.8. The smallest absolute Gasteiger partial charge is 0.338 e. The first kappa shape index (κ1) is 24.6. The number of hydrogen-bond donors (Lipinski definition) is 0. The number of nitrogens with zero attached hydrogens (tertiary/aromatic N) is 2. The molecule has 178 valence electrons. The fourth-order valence-electron chi connectivity index (χ4n) is 3.32. The molecule has 1 heterocycles. The number of aliphatic imine (C=N–C) groups is 1. The molecule has 35 heavy (non-hydrogen) atoms. The SMILES string of the molecule is CCOC(=O)c1cccc(N=C2SC(=Cc3ccccc3OCc3ccccc3Cl)C(=O)N2C)c1. The number of carbonyl (C=O) groups excluding carboxylic acids is 2. The molecule has 0 atom stereocenters. The zero-order chi connectivity index (χ0) is 24.8. The normalized spacial score (nSPS) is 15.6. The van der Waals surface area contributed by atoms with Crippen LogP contribution in [0.3, 0.4) is 0 Å². The highest BCUT2D eigenvalue weighted by molar-refractivity contribution is 8.18. The Bertz CT molecular complexity index is 1320. The summed E-state index contributed by atoms with van der Waals surface area (Å²) in [5.74, 6) is 0.0618. The molecule has 3 aromatic carbocycles. The molecule has 0 bridgehead atoms. The number of ether oxygens (including phenoxy) is 2. The lowest BCUT2D eigenvalue weighted by Crippen LogP contribution is -2.23. The Morgan fingerprint density at radius 3 is 2.66 bits per heavy atom. The molecule has 8 heteroatoms. The molecule has 0 radical (unpaired) electrons. The number of benzene rings is 3. The number of thioether (sulfide) groups is 1. The monoisotopic (exact) mass is 506 g/mol. The Labute approximate surface area is 213 Å². The number of rotatable bonds is 7. The maximum atomic E-state index is 12.9. The van der Waals surface area contributed by atoms with E-state index in [1.165, 1.54) is 16.7 Å². The van der Waals surface area contributed by atoms with Crippen molar-refractivity contribution in [3.63, 3.8) is 0 Å². The van der Waals surface area contributed by atoms with Crippen molar-refractivity contribution in [2.45, 2.75) is 13.5 Å². The van der Waals surface area contributed by atoms with Crippen molar-refractivity contribution in [3.05, 3.63) is 99.4 Å². The third kappa shape index (κ3) is 5.93. The van der Waals surface area contributed by atoms with Gasteiger partial charge in [0.2, 0.25) is 0 Å². The highest BCUT2D eigenvalue weighted by Crippen LogP contribution is 2.35. The molecule has 4 rings (SSSR count). The second-order valence-electron chi connectivity index (χ2n) is 7.56. The number of para-hydroxylation sites is 1. The number of hydrogen-bond acceptors (Lipinski definition) is 6. The van der Waals surface area contributed by atoms with Gasteiger partial charge in [0.15, 0.2) is 5.17 Å². The first-order chi connectivity index (χ1) is 17.0. The van der Waals surface area contributed by atoms with Gasteiger partial charge in [-0.1, -0.05) is 54.1 Å². The van der Waals surface area contributed by atoms with Gasteiger partial charge in [-0.2, -0.15) is 0 Å². The summed E-state index contributed by atoms with van der Waals surface area (Å²) in [4.78, 5) is 31.5. The standard InChI is InChI=1S/C27H23ClN2O4S/c1-3-33-26(32)19-11-8-12-21(15-19)29-27-30(2)25(31)24(35-27)16-18-9-5-7-14-23(18)34-17-20-10-4-6-13-22(20)28/h4-16H,3,17H2,1-2H3. The lowest BCUT2D eigenvalue weighted by molar-refractivity contribution is -0.121. The second-order valence-corrected chi connectivity index (χ2v) is 8.97. The van der Waals surface area contributed by atoms with Crippen molar-refractivity contribution in [1.29, 1.82) is 0 Å².